The fraction of sp³-hybridized carbons (Fsp3) is 0.467. The Hall–Kier alpha value is -2.48. The van der Waals surface area contributed by atoms with Crippen molar-refractivity contribution in [2.45, 2.75) is 13.3 Å². The van der Waals surface area contributed by atoms with Crippen molar-refractivity contribution in [2.24, 2.45) is 11.0 Å². The summed E-state index contributed by atoms with van der Waals surface area (Å²) in [4.78, 5) is 24.5. The summed E-state index contributed by atoms with van der Waals surface area (Å²) in [6.07, 6.45) is 0.339. The van der Waals surface area contributed by atoms with Crippen LogP contribution in [-0.2, 0) is 4.79 Å². The highest BCUT2D eigenvalue weighted by Crippen LogP contribution is 2.31. The van der Waals surface area contributed by atoms with Gasteiger partial charge in [0.2, 0.25) is 5.91 Å². The number of amides is 1. The molecule has 2 aliphatic rings. The molecule has 0 aliphatic carbocycles. The minimum atomic E-state index is -0.354. The van der Waals surface area contributed by atoms with Crippen molar-refractivity contribution < 1.29 is 9.72 Å². The lowest BCUT2D eigenvalue weighted by molar-refractivity contribution is -0.384. The zero-order chi connectivity index (χ0) is 16.4. The number of hydrazone groups is 1. The molecule has 1 amide bonds. The monoisotopic (exact) mass is 317 g/mol. The van der Waals surface area contributed by atoms with E-state index >= 15 is 0 Å². The molecule has 0 bridgehead atoms. The van der Waals surface area contributed by atoms with E-state index in [1.54, 1.807) is 12.1 Å². The van der Waals surface area contributed by atoms with E-state index < -0.39 is 0 Å². The molecule has 2 N–H and O–H groups in total. The number of nitro groups is 1. The molecule has 1 atom stereocenters. The molecule has 0 saturated carbocycles. The summed E-state index contributed by atoms with van der Waals surface area (Å²) in [5.74, 6) is -0.193. The Labute approximate surface area is 133 Å². The van der Waals surface area contributed by atoms with Crippen LogP contribution in [0.15, 0.2) is 23.3 Å². The first-order valence-electron chi connectivity index (χ1n) is 7.67. The third-order valence-corrected chi connectivity index (χ3v) is 4.18. The van der Waals surface area contributed by atoms with Gasteiger partial charge in [-0.3, -0.25) is 14.9 Å². The molecular weight excluding hydrogens is 298 g/mol. The highest BCUT2D eigenvalue weighted by molar-refractivity contribution is 6.06. The van der Waals surface area contributed by atoms with E-state index in [0.29, 0.717) is 23.4 Å². The Bertz CT molecular complexity index is 667. The van der Waals surface area contributed by atoms with E-state index in [-0.39, 0.29) is 22.4 Å². The van der Waals surface area contributed by atoms with Gasteiger partial charge in [-0.25, -0.2) is 5.43 Å². The molecule has 0 aromatic heterocycles. The van der Waals surface area contributed by atoms with Crippen LogP contribution in [0.4, 0.5) is 11.4 Å². The molecule has 1 saturated heterocycles. The Balaban J connectivity index is 1.96. The van der Waals surface area contributed by atoms with Crippen molar-refractivity contribution in [1.29, 1.82) is 0 Å². The minimum Gasteiger partial charge on any atom is -0.363 e. The number of anilines is 1. The number of nitrogens with zero attached hydrogens (tertiary/aromatic N) is 3. The average Bonchev–Trinajstić information content (AvgIpc) is 2.55. The quantitative estimate of drug-likeness (QED) is 0.636. The third-order valence-electron chi connectivity index (χ3n) is 4.18. The Morgan fingerprint density at radius 2 is 2.09 bits per heavy atom. The van der Waals surface area contributed by atoms with E-state index in [1.807, 2.05) is 17.9 Å². The molecule has 122 valence electrons. The largest absolute Gasteiger partial charge is 0.363 e. The summed E-state index contributed by atoms with van der Waals surface area (Å²) >= 11 is 0. The lowest BCUT2D eigenvalue weighted by Gasteiger charge is -2.29. The molecular formula is C15H19N5O3. The van der Waals surface area contributed by atoms with Crippen molar-refractivity contribution in [3.8, 4) is 0 Å². The summed E-state index contributed by atoms with van der Waals surface area (Å²) in [6, 6.07) is 5.19. The number of hydrogen-bond acceptors (Lipinski definition) is 6. The van der Waals surface area contributed by atoms with Gasteiger partial charge in [-0.05, 0) is 6.07 Å². The molecule has 1 aromatic carbocycles. The third kappa shape index (κ3) is 3.16. The van der Waals surface area contributed by atoms with Gasteiger partial charge in [0, 0.05) is 50.1 Å². The zero-order valence-electron chi connectivity index (χ0n) is 12.9. The van der Waals surface area contributed by atoms with E-state index in [1.165, 1.54) is 0 Å². The fourth-order valence-electron chi connectivity index (χ4n) is 3.00. The lowest BCUT2D eigenvalue weighted by atomic mass is 9.93. The molecule has 3 rings (SSSR count). The first-order valence-corrected chi connectivity index (χ1v) is 7.67. The molecule has 2 aliphatic heterocycles. The van der Waals surface area contributed by atoms with Gasteiger partial charge in [0.05, 0.1) is 10.6 Å². The second-order valence-corrected chi connectivity index (χ2v) is 5.83. The lowest BCUT2D eigenvalue weighted by Crippen LogP contribution is -2.43. The topological polar surface area (TPSA) is 99.9 Å². The summed E-state index contributed by atoms with van der Waals surface area (Å²) in [5, 5.41) is 18.8. The minimum absolute atomic E-state index is 0.0617. The molecule has 0 radical (unpaired) electrons. The summed E-state index contributed by atoms with van der Waals surface area (Å²) in [7, 11) is 0. The van der Waals surface area contributed by atoms with Gasteiger partial charge < -0.3 is 10.2 Å². The van der Waals surface area contributed by atoms with Crippen LogP contribution in [0.25, 0.3) is 0 Å². The molecule has 23 heavy (non-hydrogen) atoms. The van der Waals surface area contributed by atoms with Crippen LogP contribution in [-0.4, -0.2) is 42.7 Å². The first-order chi connectivity index (χ1) is 11.1. The number of rotatable bonds is 3. The predicted octanol–water partition coefficient (Wildman–Crippen LogP) is 0.865. The van der Waals surface area contributed by atoms with Gasteiger partial charge in [-0.15, -0.1) is 0 Å². The van der Waals surface area contributed by atoms with Crippen LogP contribution in [0.2, 0.25) is 0 Å². The SMILES string of the molecule is CC1CC(=O)NN=C1c1ccc(N2CCNCC2)c([N+](=O)[O-])c1. The molecule has 2 heterocycles. The van der Waals surface area contributed by atoms with Gasteiger partial charge in [-0.2, -0.15) is 5.10 Å². The van der Waals surface area contributed by atoms with E-state index in [2.05, 4.69) is 15.8 Å². The Morgan fingerprint density at radius 1 is 1.35 bits per heavy atom. The predicted molar refractivity (Wildman–Crippen MR) is 86.6 cm³/mol. The van der Waals surface area contributed by atoms with Crippen molar-refractivity contribution >= 4 is 23.0 Å². The van der Waals surface area contributed by atoms with Crippen molar-refractivity contribution in [3.05, 3.63) is 33.9 Å². The van der Waals surface area contributed by atoms with E-state index in [9.17, 15) is 14.9 Å². The molecule has 1 aromatic rings. The highest BCUT2D eigenvalue weighted by atomic mass is 16.6. The average molecular weight is 317 g/mol. The number of nitrogens with one attached hydrogen (secondary N) is 2. The molecule has 1 fully saturated rings. The molecule has 8 heteroatoms. The maximum absolute atomic E-state index is 11.5. The van der Waals surface area contributed by atoms with Gasteiger partial charge >= 0.3 is 0 Å². The zero-order valence-corrected chi connectivity index (χ0v) is 12.9. The van der Waals surface area contributed by atoms with Crippen molar-refractivity contribution in [1.82, 2.24) is 10.7 Å². The van der Waals surface area contributed by atoms with Gasteiger partial charge in [0.1, 0.15) is 5.69 Å². The smallest absolute Gasteiger partial charge is 0.293 e. The van der Waals surface area contributed by atoms with Crippen molar-refractivity contribution in [2.75, 3.05) is 31.1 Å². The number of carbonyl (C=O) groups is 1. The number of nitro benzene ring substituents is 1. The first kappa shape index (κ1) is 15.4. The van der Waals surface area contributed by atoms with Gasteiger partial charge in [-0.1, -0.05) is 13.0 Å². The maximum atomic E-state index is 11.5. The number of piperazine rings is 1. The molecule has 8 nitrogen and oxygen atoms in total. The number of benzene rings is 1. The van der Waals surface area contributed by atoms with Gasteiger partial charge in [0.15, 0.2) is 0 Å². The number of hydrogen-bond donors (Lipinski definition) is 2. The fourth-order valence-corrected chi connectivity index (χ4v) is 3.00. The van der Waals surface area contributed by atoms with Crippen LogP contribution in [0.1, 0.15) is 18.9 Å². The summed E-state index contributed by atoms with van der Waals surface area (Å²) < 4.78 is 0. The van der Waals surface area contributed by atoms with Gasteiger partial charge in [0.25, 0.3) is 5.69 Å². The molecule has 1 unspecified atom stereocenters. The second kappa shape index (κ2) is 6.33. The summed E-state index contributed by atoms with van der Waals surface area (Å²) in [5.41, 5.74) is 4.52. The van der Waals surface area contributed by atoms with Crippen LogP contribution in [0.5, 0.6) is 0 Å². The summed E-state index contributed by atoms with van der Waals surface area (Å²) in [6.45, 7) is 5.01. The van der Waals surface area contributed by atoms with Crippen LogP contribution >= 0.6 is 0 Å². The second-order valence-electron chi connectivity index (χ2n) is 5.83. The number of carbonyl (C=O) groups excluding carboxylic acids is 1. The normalized spacial score (nSPS) is 21.6. The highest BCUT2D eigenvalue weighted by Gasteiger charge is 2.26. The van der Waals surface area contributed by atoms with Crippen LogP contribution in [0.3, 0.4) is 0 Å². The standard InChI is InChI=1S/C15H19N5O3/c1-10-8-14(21)17-18-15(10)11-2-3-12(13(9-11)20(22)23)19-6-4-16-5-7-19/h2-3,9-10,16H,4-8H2,1H3,(H,17,21). The Morgan fingerprint density at radius 3 is 2.74 bits per heavy atom. The van der Waals surface area contributed by atoms with E-state index in [0.717, 1.165) is 26.2 Å². The Kier molecular flexibility index (Phi) is 4.24. The maximum Gasteiger partial charge on any atom is 0.293 e. The van der Waals surface area contributed by atoms with Crippen LogP contribution in [0, 0.1) is 16.0 Å². The van der Waals surface area contributed by atoms with E-state index in [4.69, 9.17) is 0 Å². The molecule has 0 spiro atoms. The van der Waals surface area contributed by atoms with Crippen molar-refractivity contribution in [3.63, 3.8) is 0 Å². The van der Waals surface area contributed by atoms with Crippen LogP contribution < -0.4 is 15.6 Å².